The first-order chi connectivity index (χ1) is 9.44. The Morgan fingerprint density at radius 1 is 1.40 bits per heavy atom. The van der Waals surface area contributed by atoms with Gasteiger partial charge < -0.3 is 10.6 Å². The number of sulfonamides is 1. The second kappa shape index (κ2) is 8.74. The van der Waals surface area contributed by atoms with Crippen molar-refractivity contribution in [2.24, 2.45) is 4.99 Å². The summed E-state index contributed by atoms with van der Waals surface area (Å²) in [5.74, 6) is 0.773. The average molecular weight is 323 g/mol. The van der Waals surface area contributed by atoms with Crippen LogP contribution in [0.4, 0.5) is 0 Å². The average Bonchev–Trinajstić information content (AvgIpc) is 2.81. The van der Waals surface area contributed by atoms with Gasteiger partial charge >= 0.3 is 0 Å². The van der Waals surface area contributed by atoms with Gasteiger partial charge in [0.05, 0.1) is 12.8 Å². The summed E-state index contributed by atoms with van der Waals surface area (Å²) in [7, 11) is -3.13. The first-order valence-corrected chi connectivity index (χ1v) is 10.1. The molecule has 0 radical (unpaired) electrons. The zero-order chi connectivity index (χ0) is 15.0. The Morgan fingerprint density at radius 3 is 2.70 bits per heavy atom. The molecule has 6 nitrogen and oxygen atoms in total. The summed E-state index contributed by atoms with van der Waals surface area (Å²) < 4.78 is 24.3. The molecule has 0 aromatic rings. The normalized spacial score (nSPS) is 23.9. The van der Waals surface area contributed by atoms with E-state index in [-0.39, 0.29) is 0 Å². The van der Waals surface area contributed by atoms with Crippen LogP contribution in [0.3, 0.4) is 0 Å². The van der Waals surface area contributed by atoms with E-state index in [1.54, 1.807) is 0 Å². The fourth-order valence-corrected chi connectivity index (χ4v) is 3.46. The Morgan fingerprint density at radius 2 is 2.15 bits per heavy atom. The number of thioether (sulfide) groups is 1. The van der Waals surface area contributed by atoms with Gasteiger partial charge in [-0.3, -0.25) is 4.99 Å². The van der Waals surface area contributed by atoms with Gasteiger partial charge in [-0.1, -0.05) is 0 Å². The van der Waals surface area contributed by atoms with Gasteiger partial charge in [-0.25, -0.2) is 13.1 Å². The molecule has 1 fully saturated rings. The van der Waals surface area contributed by atoms with Crippen molar-refractivity contribution in [2.45, 2.75) is 37.5 Å². The molecule has 0 aromatic carbocycles. The SMILES string of the molecule is CCNC(=NCCNS(C)(=O)=O)NC1CCC(SC)C1. The van der Waals surface area contributed by atoms with Gasteiger partial charge in [-0.2, -0.15) is 11.8 Å². The highest BCUT2D eigenvalue weighted by molar-refractivity contribution is 7.99. The molecule has 118 valence electrons. The van der Waals surface area contributed by atoms with Crippen LogP contribution in [0.2, 0.25) is 0 Å². The topological polar surface area (TPSA) is 82.6 Å². The molecule has 0 amide bonds. The highest BCUT2D eigenvalue weighted by Gasteiger charge is 2.24. The van der Waals surface area contributed by atoms with Crippen LogP contribution in [-0.2, 0) is 10.0 Å². The third-order valence-electron chi connectivity index (χ3n) is 3.15. The monoisotopic (exact) mass is 322 g/mol. The number of nitrogens with one attached hydrogen (secondary N) is 3. The summed E-state index contributed by atoms with van der Waals surface area (Å²) >= 11 is 1.92. The maximum absolute atomic E-state index is 11.0. The number of nitrogens with zero attached hydrogens (tertiary/aromatic N) is 1. The van der Waals surface area contributed by atoms with Crippen molar-refractivity contribution in [3.8, 4) is 0 Å². The summed E-state index contributed by atoms with van der Waals surface area (Å²) in [5, 5.41) is 7.36. The minimum Gasteiger partial charge on any atom is -0.357 e. The first kappa shape index (κ1) is 17.6. The molecule has 0 aromatic heterocycles. The third-order valence-corrected chi connectivity index (χ3v) is 4.97. The molecule has 0 aliphatic heterocycles. The minimum absolute atomic E-state index is 0.327. The lowest BCUT2D eigenvalue weighted by Crippen LogP contribution is -2.43. The number of hydrogen-bond acceptors (Lipinski definition) is 4. The molecule has 0 bridgehead atoms. The Labute approximate surface area is 126 Å². The van der Waals surface area contributed by atoms with Gasteiger partial charge in [0, 0.05) is 24.4 Å². The van der Waals surface area contributed by atoms with Gasteiger partial charge in [-0.15, -0.1) is 0 Å². The molecular weight excluding hydrogens is 296 g/mol. The molecule has 1 rings (SSSR count). The lowest BCUT2D eigenvalue weighted by Gasteiger charge is -2.17. The Bertz CT molecular complexity index is 412. The number of rotatable bonds is 7. The molecule has 1 aliphatic rings. The molecule has 0 spiro atoms. The lowest BCUT2D eigenvalue weighted by molar-refractivity contribution is 0.587. The minimum atomic E-state index is -3.13. The van der Waals surface area contributed by atoms with Crippen LogP contribution in [0.15, 0.2) is 4.99 Å². The van der Waals surface area contributed by atoms with Crippen molar-refractivity contribution >= 4 is 27.7 Å². The predicted molar refractivity (Wildman–Crippen MR) is 86.9 cm³/mol. The van der Waals surface area contributed by atoms with Gasteiger partial charge in [0.25, 0.3) is 0 Å². The fourth-order valence-electron chi connectivity index (χ4n) is 2.20. The van der Waals surface area contributed by atoms with Gasteiger partial charge in [0.1, 0.15) is 0 Å². The molecule has 20 heavy (non-hydrogen) atoms. The van der Waals surface area contributed by atoms with E-state index in [9.17, 15) is 8.42 Å². The Balaban J connectivity index is 2.39. The zero-order valence-corrected chi connectivity index (χ0v) is 14.1. The van der Waals surface area contributed by atoms with Crippen molar-refractivity contribution in [1.29, 1.82) is 0 Å². The highest BCUT2D eigenvalue weighted by atomic mass is 32.2. The summed E-state index contributed by atoms with van der Waals surface area (Å²) in [6.45, 7) is 3.57. The van der Waals surface area contributed by atoms with Crippen molar-refractivity contribution < 1.29 is 8.42 Å². The lowest BCUT2D eigenvalue weighted by atomic mass is 10.2. The van der Waals surface area contributed by atoms with Gasteiger partial charge in [0.15, 0.2) is 5.96 Å². The molecule has 3 N–H and O–H groups in total. The molecule has 0 saturated heterocycles. The number of hydrogen-bond donors (Lipinski definition) is 3. The van der Waals surface area contributed by atoms with Crippen LogP contribution in [0.5, 0.6) is 0 Å². The number of guanidine groups is 1. The van der Waals surface area contributed by atoms with Crippen LogP contribution in [-0.4, -0.2) is 57.8 Å². The second-order valence-corrected chi connectivity index (χ2v) is 7.91. The molecule has 2 atom stereocenters. The maximum atomic E-state index is 11.0. The van der Waals surface area contributed by atoms with Crippen LogP contribution >= 0.6 is 11.8 Å². The predicted octanol–water partition coefficient (Wildman–Crippen LogP) is 0.375. The van der Waals surface area contributed by atoms with E-state index < -0.39 is 10.0 Å². The molecular formula is C12H26N4O2S2. The second-order valence-electron chi connectivity index (χ2n) is 4.94. The Kier molecular flexibility index (Phi) is 7.68. The standard InChI is InChI=1S/C12H26N4O2S2/c1-4-13-12(14-7-8-15-20(3,17)18)16-10-5-6-11(9-10)19-2/h10-11,15H,4-9H2,1-3H3,(H2,13,14,16). The van der Waals surface area contributed by atoms with Crippen LogP contribution in [0.25, 0.3) is 0 Å². The summed E-state index contributed by atoms with van der Waals surface area (Å²) in [5.41, 5.74) is 0. The summed E-state index contributed by atoms with van der Waals surface area (Å²) in [4.78, 5) is 4.39. The van der Waals surface area contributed by atoms with Crippen LogP contribution in [0, 0.1) is 0 Å². The smallest absolute Gasteiger partial charge is 0.208 e. The van der Waals surface area contributed by atoms with Gasteiger partial charge in [-0.05, 0) is 32.4 Å². The van der Waals surface area contributed by atoms with E-state index in [0.717, 1.165) is 36.9 Å². The largest absolute Gasteiger partial charge is 0.357 e. The zero-order valence-electron chi connectivity index (χ0n) is 12.5. The highest BCUT2D eigenvalue weighted by Crippen LogP contribution is 2.27. The molecule has 8 heteroatoms. The third kappa shape index (κ3) is 7.35. The van der Waals surface area contributed by atoms with Crippen molar-refractivity contribution in [3.05, 3.63) is 0 Å². The maximum Gasteiger partial charge on any atom is 0.208 e. The summed E-state index contributed by atoms with van der Waals surface area (Å²) in [6.07, 6.45) is 6.88. The Hall–Kier alpha value is -0.470. The van der Waals surface area contributed by atoms with E-state index in [1.165, 1.54) is 6.42 Å². The van der Waals surface area contributed by atoms with E-state index >= 15 is 0 Å². The first-order valence-electron chi connectivity index (χ1n) is 6.97. The van der Waals surface area contributed by atoms with Crippen LogP contribution < -0.4 is 15.4 Å². The van der Waals surface area contributed by atoms with E-state index in [1.807, 2.05) is 18.7 Å². The van der Waals surface area contributed by atoms with Crippen molar-refractivity contribution in [3.63, 3.8) is 0 Å². The van der Waals surface area contributed by atoms with E-state index in [2.05, 4.69) is 26.6 Å². The number of aliphatic imine (C=N–C) groups is 1. The fraction of sp³-hybridized carbons (Fsp3) is 0.917. The van der Waals surface area contributed by atoms with Crippen molar-refractivity contribution in [2.75, 3.05) is 32.1 Å². The molecule has 1 saturated carbocycles. The van der Waals surface area contributed by atoms with Gasteiger partial charge in [0.2, 0.25) is 10.0 Å². The quantitative estimate of drug-likeness (QED) is 0.358. The summed E-state index contributed by atoms with van der Waals surface area (Å²) in [6, 6.07) is 0.466. The molecule has 2 unspecified atom stereocenters. The van der Waals surface area contributed by atoms with Crippen molar-refractivity contribution in [1.82, 2.24) is 15.4 Å². The van der Waals surface area contributed by atoms with E-state index in [4.69, 9.17) is 0 Å². The molecule has 1 aliphatic carbocycles. The van der Waals surface area contributed by atoms with Crippen LogP contribution in [0.1, 0.15) is 26.2 Å². The van der Waals surface area contributed by atoms with E-state index in [0.29, 0.717) is 19.1 Å². The molecule has 0 heterocycles.